The van der Waals surface area contributed by atoms with Gasteiger partial charge >= 0.3 is 0 Å². The summed E-state index contributed by atoms with van der Waals surface area (Å²) in [5, 5.41) is 5.97. The van der Waals surface area contributed by atoms with Crippen LogP contribution in [0.1, 0.15) is 31.2 Å². The fourth-order valence-corrected chi connectivity index (χ4v) is 4.17. The molecule has 0 aromatic heterocycles. The highest BCUT2D eigenvalue weighted by Gasteiger charge is 2.33. The second-order valence-electron chi connectivity index (χ2n) is 7.37. The molecule has 2 fully saturated rings. The standard InChI is InChI=1S/C21H26N2O/c1-15(18-13-22-14-18)21(24)23-11-9-17(10-12-23)20-8-4-6-16-5-2-3-7-19(16)20/h2-8,15,17-18,22H,9-14H2,1H3. The lowest BCUT2D eigenvalue weighted by Crippen LogP contribution is -2.51. The van der Waals surface area contributed by atoms with Crippen LogP contribution in [0.5, 0.6) is 0 Å². The molecule has 2 aromatic rings. The number of hydrogen-bond acceptors (Lipinski definition) is 2. The van der Waals surface area contributed by atoms with Crippen LogP contribution in [-0.2, 0) is 4.79 Å². The van der Waals surface area contributed by atoms with Crippen LogP contribution >= 0.6 is 0 Å². The third-order valence-corrected chi connectivity index (χ3v) is 5.98. The average Bonchev–Trinajstić information content (AvgIpc) is 2.59. The van der Waals surface area contributed by atoms with Crippen LogP contribution < -0.4 is 5.32 Å². The van der Waals surface area contributed by atoms with E-state index in [0.717, 1.165) is 39.0 Å². The maximum absolute atomic E-state index is 12.7. The van der Waals surface area contributed by atoms with Crippen molar-refractivity contribution in [2.24, 2.45) is 11.8 Å². The minimum Gasteiger partial charge on any atom is -0.342 e. The van der Waals surface area contributed by atoms with Gasteiger partial charge < -0.3 is 10.2 Å². The molecule has 0 bridgehead atoms. The molecule has 24 heavy (non-hydrogen) atoms. The van der Waals surface area contributed by atoms with Crippen LogP contribution in [-0.4, -0.2) is 37.0 Å². The van der Waals surface area contributed by atoms with E-state index in [9.17, 15) is 4.79 Å². The van der Waals surface area contributed by atoms with E-state index in [0.29, 0.717) is 17.7 Å². The first-order valence-corrected chi connectivity index (χ1v) is 9.21. The summed E-state index contributed by atoms with van der Waals surface area (Å²) in [6, 6.07) is 15.3. The highest BCUT2D eigenvalue weighted by molar-refractivity contribution is 5.86. The highest BCUT2D eigenvalue weighted by atomic mass is 16.2. The van der Waals surface area contributed by atoms with Gasteiger partial charge in [-0.15, -0.1) is 0 Å². The zero-order valence-electron chi connectivity index (χ0n) is 14.4. The van der Waals surface area contributed by atoms with Crippen LogP contribution in [0.15, 0.2) is 42.5 Å². The van der Waals surface area contributed by atoms with Gasteiger partial charge in [0, 0.05) is 19.0 Å². The van der Waals surface area contributed by atoms with E-state index in [2.05, 4.69) is 59.6 Å². The van der Waals surface area contributed by atoms with Crippen molar-refractivity contribution >= 4 is 16.7 Å². The minimum atomic E-state index is 0.167. The summed E-state index contributed by atoms with van der Waals surface area (Å²) in [5.41, 5.74) is 1.46. The highest BCUT2D eigenvalue weighted by Crippen LogP contribution is 2.33. The van der Waals surface area contributed by atoms with Gasteiger partial charge in [-0.3, -0.25) is 4.79 Å². The van der Waals surface area contributed by atoms with Crippen molar-refractivity contribution in [3.8, 4) is 0 Å². The molecule has 1 N–H and O–H groups in total. The van der Waals surface area contributed by atoms with E-state index in [4.69, 9.17) is 0 Å². The van der Waals surface area contributed by atoms with Gasteiger partial charge in [-0.1, -0.05) is 49.4 Å². The number of carbonyl (C=O) groups is 1. The average molecular weight is 322 g/mol. The molecule has 2 saturated heterocycles. The fraction of sp³-hybridized carbons (Fsp3) is 0.476. The molecule has 0 spiro atoms. The summed E-state index contributed by atoms with van der Waals surface area (Å²) in [6.07, 6.45) is 2.16. The number of likely N-dealkylation sites (tertiary alicyclic amines) is 1. The Balaban J connectivity index is 1.45. The summed E-state index contributed by atoms with van der Waals surface area (Å²) in [5.74, 6) is 1.63. The Morgan fingerprint density at radius 1 is 1.08 bits per heavy atom. The lowest BCUT2D eigenvalue weighted by molar-refractivity contribution is -0.138. The van der Waals surface area contributed by atoms with E-state index in [-0.39, 0.29) is 5.92 Å². The Hall–Kier alpha value is -1.87. The van der Waals surface area contributed by atoms with Crippen molar-refractivity contribution < 1.29 is 4.79 Å². The molecule has 0 aliphatic carbocycles. The molecule has 0 saturated carbocycles. The Morgan fingerprint density at radius 2 is 1.79 bits per heavy atom. The van der Waals surface area contributed by atoms with Crippen LogP contribution in [0.3, 0.4) is 0 Å². The third kappa shape index (κ3) is 2.82. The van der Waals surface area contributed by atoms with Gasteiger partial charge in [0.15, 0.2) is 0 Å². The lowest BCUT2D eigenvalue weighted by atomic mass is 9.84. The van der Waals surface area contributed by atoms with Crippen LogP contribution in [0.4, 0.5) is 0 Å². The SMILES string of the molecule is CC(C(=O)N1CCC(c2cccc3ccccc23)CC1)C1CNC1. The van der Waals surface area contributed by atoms with E-state index in [1.54, 1.807) is 0 Å². The maximum Gasteiger partial charge on any atom is 0.225 e. The summed E-state index contributed by atoms with van der Waals surface area (Å²) in [6.45, 7) is 5.90. The summed E-state index contributed by atoms with van der Waals surface area (Å²) < 4.78 is 0. The van der Waals surface area contributed by atoms with Gasteiger partial charge in [0.2, 0.25) is 5.91 Å². The second kappa shape index (κ2) is 6.56. The van der Waals surface area contributed by atoms with Crippen LogP contribution in [0.2, 0.25) is 0 Å². The van der Waals surface area contributed by atoms with Crippen molar-refractivity contribution in [3.63, 3.8) is 0 Å². The molecule has 3 nitrogen and oxygen atoms in total. The van der Waals surface area contributed by atoms with Gasteiger partial charge in [-0.2, -0.15) is 0 Å². The smallest absolute Gasteiger partial charge is 0.225 e. The predicted octanol–water partition coefficient (Wildman–Crippen LogP) is 3.40. The molecule has 2 aliphatic heterocycles. The molecule has 2 aliphatic rings. The topological polar surface area (TPSA) is 32.3 Å². The minimum absolute atomic E-state index is 0.167. The van der Waals surface area contributed by atoms with E-state index in [1.165, 1.54) is 16.3 Å². The Kier molecular flexibility index (Phi) is 4.28. The molecule has 1 amide bonds. The van der Waals surface area contributed by atoms with E-state index in [1.807, 2.05) is 0 Å². The molecule has 2 aromatic carbocycles. The predicted molar refractivity (Wildman–Crippen MR) is 98.0 cm³/mol. The maximum atomic E-state index is 12.7. The largest absolute Gasteiger partial charge is 0.342 e. The first-order valence-electron chi connectivity index (χ1n) is 9.21. The van der Waals surface area contributed by atoms with Crippen molar-refractivity contribution in [3.05, 3.63) is 48.0 Å². The quantitative estimate of drug-likeness (QED) is 0.939. The Bertz CT molecular complexity index is 724. The third-order valence-electron chi connectivity index (χ3n) is 5.98. The van der Waals surface area contributed by atoms with Gasteiger partial charge in [0.05, 0.1) is 0 Å². The normalized spacial score (nSPS) is 20.8. The molecule has 1 atom stereocenters. The number of carbonyl (C=O) groups excluding carboxylic acids is 1. The van der Waals surface area contributed by atoms with Crippen molar-refractivity contribution in [2.45, 2.75) is 25.7 Å². The zero-order chi connectivity index (χ0) is 16.5. The van der Waals surface area contributed by atoms with E-state index >= 15 is 0 Å². The number of fused-ring (bicyclic) bond motifs is 1. The van der Waals surface area contributed by atoms with Crippen molar-refractivity contribution in [2.75, 3.05) is 26.2 Å². The summed E-state index contributed by atoms with van der Waals surface area (Å²) >= 11 is 0. The Labute approximate surface area is 144 Å². The fourth-order valence-electron chi connectivity index (χ4n) is 4.17. The van der Waals surface area contributed by atoms with E-state index < -0.39 is 0 Å². The number of piperidine rings is 1. The molecule has 3 heteroatoms. The van der Waals surface area contributed by atoms with Gasteiger partial charge in [0.25, 0.3) is 0 Å². The first-order chi connectivity index (χ1) is 11.7. The molecule has 0 radical (unpaired) electrons. The number of amides is 1. The molecule has 1 unspecified atom stereocenters. The molecule has 2 heterocycles. The number of benzene rings is 2. The first kappa shape index (κ1) is 15.6. The number of nitrogens with one attached hydrogen (secondary N) is 1. The Morgan fingerprint density at radius 3 is 2.50 bits per heavy atom. The molecular weight excluding hydrogens is 296 g/mol. The van der Waals surface area contributed by atoms with Crippen molar-refractivity contribution in [1.29, 1.82) is 0 Å². The molecule has 4 rings (SSSR count). The molecular formula is C21H26N2O. The van der Waals surface area contributed by atoms with Gasteiger partial charge in [-0.25, -0.2) is 0 Å². The molecule has 126 valence electrons. The number of nitrogens with zero attached hydrogens (tertiary/aromatic N) is 1. The van der Waals surface area contributed by atoms with Crippen LogP contribution in [0, 0.1) is 11.8 Å². The number of rotatable bonds is 3. The van der Waals surface area contributed by atoms with Crippen molar-refractivity contribution in [1.82, 2.24) is 10.2 Å². The summed E-state index contributed by atoms with van der Waals surface area (Å²) in [4.78, 5) is 14.8. The zero-order valence-corrected chi connectivity index (χ0v) is 14.4. The number of hydrogen-bond donors (Lipinski definition) is 1. The van der Waals surface area contributed by atoms with Crippen LogP contribution in [0.25, 0.3) is 10.8 Å². The van der Waals surface area contributed by atoms with Gasteiger partial charge in [-0.05, 0) is 54.1 Å². The summed E-state index contributed by atoms with van der Waals surface area (Å²) in [7, 11) is 0. The lowest BCUT2D eigenvalue weighted by Gasteiger charge is -2.38. The monoisotopic (exact) mass is 322 g/mol. The second-order valence-corrected chi connectivity index (χ2v) is 7.37. The van der Waals surface area contributed by atoms with Gasteiger partial charge in [0.1, 0.15) is 0 Å².